The minimum atomic E-state index is 0.230. The number of thioether (sulfide) groups is 1. The van der Waals surface area contributed by atoms with Crippen molar-refractivity contribution in [1.29, 1.82) is 0 Å². The van der Waals surface area contributed by atoms with Crippen molar-refractivity contribution in [3.8, 4) is 0 Å². The molecule has 0 aromatic heterocycles. The van der Waals surface area contributed by atoms with Gasteiger partial charge in [-0.25, -0.2) is 0 Å². The van der Waals surface area contributed by atoms with Gasteiger partial charge in [-0.15, -0.1) is 11.8 Å². The zero-order chi connectivity index (χ0) is 14.6. The highest BCUT2D eigenvalue weighted by Crippen LogP contribution is 2.42. The van der Waals surface area contributed by atoms with E-state index in [-0.39, 0.29) is 5.54 Å². The second-order valence-corrected chi connectivity index (χ2v) is 8.13. The molecule has 2 unspecified atom stereocenters. The molecule has 1 N–H and O–H groups in total. The van der Waals surface area contributed by atoms with Gasteiger partial charge in [-0.2, -0.15) is 0 Å². The molecule has 1 aliphatic heterocycles. The zero-order valence-corrected chi connectivity index (χ0v) is 14.2. The number of fused-ring (bicyclic) bond motifs is 1. The summed E-state index contributed by atoms with van der Waals surface area (Å²) in [6.07, 6.45) is 3.96. The molecular weight excluding hydrogens is 262 g/mol. The Kier molecular flexibility index (Phi) is 5.57. The van der Waals surface area contributed by atoms with Crippen LogP contribution in [-0.4, -0.2) is 17.8 Å². The Hall–Kier alpha value is -0.470. The van der Waals surface area contributed by atoms with E-state index >= 15 is 0 Å². The van der Waals surface area contributed by atoms with Crippen LogP contribution in [0.25, 0.3) is 0 Å². The monoisotopic (exact) mass is 291 g/mol. The summed E-state index contributed by atoms with van der Waals surface area (Å²) in [4.78, 5) is 1.51. The molecule has 0 saturated heterocycles. The van der Waals surface area contributed by atoms with Crippen molar-refractivity contribution in [1.82, 2.24) is 5.32 Å². The van der Waals surface area contributed by atoms with Crippen LogP contribution >= 0.6 is 11.8 Å². The van der Waals surface area contributed by atoms with Gasteiger partial charge in [-0.3, -0.25) is 0 Å². The van der Waals surface area contributed by atoms with Crippen molar-refractivity contribution in [3.05, 3.63) is 29.8 Å². The van der Waals surface area contributed by atoms with Crippen LogP contribution in [0.2, 0.25) is 0 Å². The maximum atomic E-state index is 3.70. The summed E-state index contributed by atoms with van der Waals surface area (Å²) >= 11 is 2.04. The van der Waals surface area contributed by atoms with E-state index in [1.807, 2.05) is 11.8 Å². The average Bonchev–Trinajstić information content (AvgIpc) is 2.79. The van der Waals surface area contributed by atoms with Gasteiger partial charge in [0.1, 0.15) is 0 Å². The molecule has 0 saturated carbocycles. The van der Waals surface area contributed by atoms with Crippen molar-refractivity contribution in [2.45, 2.75) is 63.3 Å². The first-order valence-electron chi connectivity index (χ1n) is 7.96. The normalized spacial score (nSPS) is 19.9. The molecule has 1 aromatic carbocycles. The van der Waals surface area contributed by atoms with Gasteiger partial charge in [0.2, 0.25) is 0 Å². The number of hydrogen-bond acceptors (Lipinski definition) is 2. The Bertz CT molecular complexity index is 422. The molecule has 112 valence electrons. The summed E-state index contributed by atoms with van der Waals surface area (Å²) < 4.78 is 0. The lowest BCUT2D eigenvalue weighted by Gasteiger charge is -2.27. The Morgan fingerprint density at radius 1 is 1.30 bits per heavy atom. The second-order valence-electron chi connectivity index (χ2n) is 7.07. The second kappa shape index (κ2) is 7.00. The van der Waals surface area contributed by atoms with E-state index < -0.39 is 0 Å². The quantitative estimate of drug-likeness (QED) is 0.785. The molecular formula is C18H29NS. The molecule has 0 aliphatic carbocycles. The summed E-state index contributed by atoms with van der Waals surface area (Å²) in [7, 11) is 0. The van der Waals surface area contributed by atoms with Crippen molar-refractivity contribution < 1.29 is 0 Å². The van der Waals surface area contributed by atoms with E-state index in [1.54, 1.807) is 5.56 Å². The molecule has 0 bridgehead atoms. The van der Waals surface area contributed by atoms with Crippen LogP contribution in [0.4, 0.5) is 0 Å². The molecule has 0 radical (unpaired) electrons. The Morgan fingerprint density at radius 2 is 2.05 bits per heavy atom. The van der Waals surface area contributed by atoms with Gasteiger partial charge >= 0.3 is 0 Å². The molecule has 0 fully saturated rings. The molecule has 1 nitrogen and oxygen atoms in total. The third-order valence-corrected chi connectivity index (χ3v) is 5.29. The maximum absolute atomic E-state index is 3.70. The Morgan fingerprint density at radius 3 is 2.75 bits per heavy atom. The van der Waals surface area contributed by atoms with Crippen molar-refractivity contribution in [3.63, 3.8) is 0 Å². The summed E-state index contributed by atoms with van der Waals surface area (Å²) in [6.45, 7) is 10.2. The third-order valence-electron chi connectivity index (χ3n) is 4.03. The van der Waals surface area contributed by atoms with Gasteiger partial charge in [0, 0.05) is 16.2 Å². The standard InChI is InChI=1S/C18H29NS/c1-5-8-14(12-19-18(2,3)4)11-15-13-20-17-10-7-6-9-16(15)17/h6-7,9-10,14-15,19H,5,8,11-13H2,1-4H3. The van der Waals surface area contributed by atoms with Gasteiger partial charge in [0.05, 0.1) is 0 Å². The topological polar surface area (TPSA) is 12.0 Å². The van der Waals surface area contributed by atoms with E-state index in [0.717, 1.165) is 18.4 Å². The smallest absolute Gasteiger partial charge is 0.0107 e. The highest BCUT2D eigenvalue weighted by molar-refractivity contribution is 7.99. The molecule has 1 aliphatic rings. The molecule has 2 heteroatoms. The van der Waals surface area contributed by atoms with Crippen molar-refractivity contribution in [2.75, 3.05) is 12.3 Å². The Labute approximate surface area is 128 Å². The van der Waals surface area contributed by atoms with Crippen LogP contribution in [-0.2, 0) is 0 Å². The fourth-order valence-electron chi connectivity index (χ4n) is 2.99. The maximum Gasteiger partial charge on any atom is 0.0107 e. The minimum Gasteiger partial charge on any atom is -0.312 e. The number of benzene rings is 1. The van der Waals surface area contributed by atoms with Crippen LogP contribution in [0.3, 0.4) is 0 Å². The first kappa shape index (κ1) is 15.9. The molecule has 20 heavy (non-hydrogen) atoms. The fraction of sp³-hybridized carbons (Fsp3) is 0.667. The van der Waals surface area contributed by atoms with Gasteiger partial charge in [-0.1, -0.05) is 31.5 Å². The first-order chi connectivity index (χ1) is 9.49. The SMILES string of the molecule is CCCC(CNC(C)(C)C)CC1CSc2ccccc21. The molecule has 2 rings (SSSR count). The van der Waals surface area contributed by atoms with Crippen LogP contribution in [0.1, 0.15) is 58.4 Å². The summed E-state index contributed by atoms with van der Waals surface area (Å²) in [6, 6.07) is 8.97. The van der Waals surface area contributed by atoms with Crippen LogP contribution in [0.5, 0.6) is 0 Å². The zero-order valence-electron chi connectivity index (χ0n) is 13.4. The van der Waals surface area contributed by atoms with Crippen molar-refractivity contribution in [2.24, 2.45) is 5.92 Å². The lowest BCUT2D eigenvalue weighted by Crippen LogP contribution is -2.39. The Balaban J connectivity index is 1.95. The molecule has 0 amide bonds. The summed E-state index contributed by atoms with van der Waals surface area (Å²) in [5.74, 6) is 2.83. The molecule has 1 heterocycles. The number of hydrogen-bond donors (Lipinski definition) is 1. The van der Waals surface area contributed by atoms with Gasteiger partial charge in [-0.05, 0) is 63.6 Å². The minimum absolute atomic E-state index is 0.230. The van der Waals surface area contributed by atoms with E-state index in [0.29, 0.717) is 0 Å². The summed E-state index contributed by atoms with van der Waals surface area (Å²) in [5, 5.41) is 3.70. The van der Waals surface area contributed by atoms with Crippen LogP contribution < -0.4 is 5.32 Å². The fourth-order valence-corrected chi connectivity index (χ4v) is 4.26. The van der Waals surface area contributed by atoms with E-state index in [2.05, 4.69) is 57.3 Å². The third kappa shape index (κ3) is 4.53. The van der Waals surface area contributed by atoms with Crippen LogP contribution in [0.15, 0.2) is 29.2 Å². The molecule has 1 aromatic rings. The van der Waals surface area contributed by atoms with E-state index in [9.17, 15) is 0 Å². The van der Waals surface area contributed by atoms with Gasteiger partial charge < -0.3 is 5.32 Å². The first-order valence-corrected chi connectivity index (χ1v) is 8.95. The number of rotatable bonds is 6. The van der Waals surface area contributed by atoms with Gasteiger partial charge in [0.25, 0.3) is 0 Å². The van der Waals surface area contributed by atoms with Crippen molar-refractivity contribution >= 4 is 11.8 Å². The highest BCUT2D eigenvalue weighted by Gasteiger charge is 2.25. The average molecular weight is 292 g/mol. The predicted octanol–water partition coefficient (Wildman–Crippen LogP) is 5.07. The van der Waals surface area contributed by atoms with E-state index in [1.165, 1.54) is 29.9 Å². The lowest BCUT2D eigenvalue weighted by molar-refractivity contribution is 0.333. The molecule has 0 spiro atoms. The largest absolute Gasteiger partial charge is 0.312 e. The highest BCUT2D eigenvalue weighted by atomic mass is 32.2. The summed E-state index contributed by atoms with van der Waals surface area (Å²) in [5.41, 5.74) is 1.82. The number of nitrogens with one attached hydrogen (secondary N) is 1. The predicted molar refractivity (Wildman–Crippen MR) is 90.7 cm³/mol. The van der Waals surface area contributed by atoms with Crippen LogP contribution in [0, 0.1) is 5.92 Å². The lowest BCUT2D eigenvalue weighted by atomic mass is 9.87. The van der Waals surface area contributed by atoms with Gasteiger partial charge in [0.15, 0.2) is 0 Å². The van der Waals surface area contributed by atoms with E-state index in [4.69, 9.17) is 0 Å². The molecule has 2 atom stereocenters.